The summed E-state index contributed by atoms with van der Waals surface area (Å²) in [4.78, 5) is 12.6. The molecule has 0 atom stereocenters. The molecule has 0 unspecified atom stereocenters. The first-order valence-electron chi connectivity index (χ1n) is 10.1. The average Bonchev–Trinajstić information content (AvgIpc) is 3.34. The molecule has 0 aliphatic heterocycles. The maximum Gasteiger partial charge on any atom is 0.250 e. The van der Waals surface area contributed by atoms with Gasteiger partial charge in [0.05, 0.1) is 38.8 Å². The summed E-state index contributed by atoms with van der Waals surface area (Å²) in [6.45, 7) is 0. The van der Waals surface area contributed by atoms with Gasteiger partial charge in [0.15, 0.2) is 11.5 Å². The Morgan fingerprint density at radius 3 is 2.24 bits per heavy atom. The number of para-hydroxylation sites is 1. The summed E-state index contributed by atoms with van der Waals surface area (Å²) in [6.07, 6.45) is 5.30. The molecule has 33 heavy (non-hydrogen) atoms. The van der Waals surface area contributed by atoms with E-state index in [2.05, 4.69) is 11.2 Å². The van der Waals surface area contributed by atoms with Gasteiger partial charge in [-0.15, -0.1) is 0 Å². The van der Waals surface area contributed by atoms with Crippen LogP contribution in [0.5, 0.6) is 17.2 Å². The largest absolute Gasteiger partial charge is 0.493 e. The van der Waals surface area contributed by atoms with Gasteiger partial charge in [0.2, 0.25) is 5.75 Å². The van der Waals surface area contributed by atoms with Gasteiger partial charge in [-0.05, 0) is 35.4 Å². The number of nitrogens with zero attached hydrogens (tertiary/aromatic N) is 4. The first kappa shape index (κ1) is 21.7. The number of aromatic nitrogens is 3. The molecule has 0 fully saturated rings. The van der Waals surface area contributed by atoms with E-state index in [1.54, 1.807) is 62.6 Å². The zero-order valence-corrected chi connectivity index (χ0v) is 18.7. The van der Waals surface area contributed by atoms with Crippen LogP contribution in [0.2, 0.25) is 0 Å². The SMILES string of the molecule is COc1cc(-c2cc(=O)n(C)cc2-c2cnn(-c3ccccc3C#N)c2)cc(OC)c1OC. The van der Waals surface area contributed by atoms with E-state index in [4.69, 9.17) is 14.2 Å². The van der Waals surface area contributed by atoms with Gasteiger partial charge in [0, 0.05) is 36.6 Å². The fraction of sp³-hybridized carbons (Fsp3) is 0.160. The molecular formula is C25H22N4O4. The third kappa shape index (κ3) is 3.92. The zero-order valence-electron chi connectivity index (χ0n) is 18.7. The third-order valence-corrected chi connectivity index (χ3v) is 5.37. The van der Waals surface area contributed by atoms with Gasteiger partial charge in [-0.3, -0.25) is 4.79 Å². The lowest BCUT2D eigenvalue weighted by Gasteiger charge is -2.16. The number of hydrogen-bond acceptors (Lipinski definition) is 6. The minimum absolute atomic E-state index is 0.162. The Labute approximate surface area is 190 Å². The number of methoxy groups -OCH3 is 3. The van der Waals surface area contributed by atoms with E-state index in [1.807, 2.05) is 24.4 Å². The van der Waals surface area contributed by atoms with E-state index in [1.165, 1.54) is 11.7 Å². The van der Waals surface area contributed by atoms with Crippen LogP contribution in [-0.4, -0.2) is 35.7 Å². The van der Waals surface area contributed by atoms with Gasteiger partial charge < -0.3 is 18.8 Å². The number of hydrogen-bond donors (Lipinski definition) is 0. The summed E-state index contributed by atoms with van der Waals surface area (Å²) in [5, 5.41) is 13.9. The van der Waals surface area contributed by atoms with Gasteiger partial charge in [-0.25, -0.2) is 4.68 Å². The maximum absolute atomic E-state index is 12.6. The molecule has 0 saturated heterocycles. The van der Waals surface area contributed by atoms with Crippen molar-refractivity contribution < 1.29 is 14.2 Å². The van der Waals surface area contributed by atoms with E-state index in [0.29, 0.717) is 34.1 Å². The highest BCUT2D eigenvalue weighted by Crippen LogP contribution is 2.43. The normalized spacial score (nSPS) is 10.5. The second kappa shape index (κ2) is 8.93. The summed E-state index contributed by atoms with van der Waals surface area (Å²) >= 11 is 0. The molecule has 0 spiro atoms. The molecule has 0 aliphatic rings. The predicted molar refractivity (Wildman–Crippen MR) is 124 cm³/mol. The van der Waals surface area contributed by atoms with E-state index >= 15 is 0 Å². The molecular weight excluding hydrogens is 420 g/mol. The van der Waals surface area contributed by atoms with Gasteiger partial charge in [-0.2, -0.15) is 10.4 Å². The smallest absolute Gasteiger partial charge is 0.250 e. The highest BCUT2D eigenvalue weighted by molar-refractivity contribution is 5.84. The summed E-state index contributed by atoms with van der Waals surface area (Å²) in [6, 6.07) is 14.6. The summed E-state index contributed by atoms with van der Waals surface area (Å²) in [7, 11) is 6.32. The van der Waals surface area contributed by atoms with E-state index in [9.17, 15) is 10.1 Å². The van der Waals surface area contributed by atoms with Gasteiger partial charge in [0.25, 0.3) is 5.56 Å². The molecule has 0 bridgehead atoms. The quantitative estimate of drug-likeness (QED) is 0.451. The Kier molecular flexibility index (Phi) is 5.87. The first-order chi connectivity index (χ1) is 16.0. The highest BCUT2D eigenvalue weighted by atomic mass is 16.5. The minimum Gasteiger partial charge on any atom is -0.493 e. The second-order valence-corrected chi connectivity index (χ2v) is 7.27. The van der Waals surface area contributed by atoms with Crippen molar-refractivity contribution in [3.8, 4) is 51.3 Å². The third-order valence-electron chi connectivity index (χ3n) is 5.37. The number of nitriles is 1. The van der Waals surface area contributed by atoms with Gasteiger partial charge >= 0.3 is 0 Å². The summed E-state index contributed by atoms with van der Waals surface area (Å²) in [5.74, 6) is 1.43. The van der Waals surface area contributed by atoms with Crippen molar-refractivity contribution in [3.05, 3.63) is 77.0 Å². The highest BCUT2D eigenvalue weighted by Gasteiger charge is 2.18. The van der Waals surface area contributed by atoms with Crippen LogP contribution in [0.1, 0.15) is 5.56 Å². The Bertz CT molecular complexity index is 1400. The van der Waals surface area contributed by atoms with Crippen LogP contribution in [0, 0.1) is 11.3 Å². The molecule has 0 aliphatic carbocycles. The molecule has 0 saturated carbocycles. The van der Waals surface area contributed by atoms with Crippen molar-refractivity contribution >= 4 is 0 Å². The van der Waals surface area contributed by atoms with Crippen LogP contribution < -0.4 is 19.8 Å². The number of aryl methyl sites for hydroxylation is 1. The fourth-order valence-corrected chi connectivity index (χ4v) is 3.70. The van der Waals surface area contributed by atoms with E-state index in [0.717, 1.165) is 16.7 Å². The van der Waals surface area contributed by atoms with Gasteiger partial charge in [0.1, 0.15) is 6.07 Å². The Morgan fingerprint density at radius 1 is 0.909 bits per heavy atom. The molecule has 2 aromatic carbocycles. The van der Waals surface area contributed by atoms with Crippen LogP contribution in [-0.2, 0) is 7.05 Å². The fourth-order valence-electron chi connectivity index (χ4n) is 3.70. The molecule has 2 heterocycles. The number of ether oxygens (including phenoxy) is 3. The number of pyridine rings is 1. The monoisotopic (exact) mass is 442 g/mol. The van der Waals surface area contributed by atoms with E-state index < -0.39 is 0 Å². The number of rotatable bonds is 6. The van der Waals surface area contributed by atoms with Crippen molar-refractivity contribution in [3.63, 3.8) is 0 Å². The van der Waals surface area contributed by atoms with Crippen molar-refractivity contribution in [1.29, 1.82) is 5.26 Å². The number of benzene rings is 2. The van der Waals surface area contributed by atoms with Crippen molar-refractivity contribution in [2.75, 3.05) is 21.3 Å². The lowest BCUT2D eigenvalue weighted by Crippen LogP contribution is -2.15. The Balaban J connectivity index is 1.92. The van der Waals surface area contributed by atoms with Crippen LogP contribution in [0.15, 0.2) is 65.8 Å². The summed E-state index contributed by atoms with van der Waals surface area (Å²) in [5.41, 5.74) is 3.99. The second-order valence-electron chi connectivity index (χ2n) is 7.27. The van der Waals surface area contributed by atoms with Gasteiger partial charge in [-0.1, -0.05) is 12.1 Å². The molecule has 166 valence electrons. The van der Waals surface area contributed by atoms with Crippen LogP contribution >= 0.6 is 0 Å². The Morgan fingerprint density at radius 2 is 1.61 bits per heavy atom. The molecule has 4 aromatic rings. The van der Waals surface area contributed by atoms with Crippen molar-refractivity contribution in [2.45, 2.75) is 0 Å². The van der Waals surface area contributed by atoms with Crippen LogP contribution in [0.25, 0.3) is 27.9 Å². The molecule has 0 N–H and O–H groups in total. The first-order valence-corrected chi connectivity index (χ1v) is 10.1. The molecule has 8 nitrogen and oxygen atoms in total. The lowest BCUT2D eigenvalue weighted by atomic mass is 9.97. The predicted octanol–water partition coefficient (Wildman–Crippen LogP) is 3.80. The van der Waals surface area contributed by atoms with Crippen molar-refractivity contribution in [2.24, 2.45) is 7.05 Å². The van der Waals surface area contributed by atoms with Crippen molar-refractivity contribution in [1.82, 2.24) is 14.3 Å². The average molecular weight is 442 g/mol. The minimum atomic E-state index is -0.162. The molecule has 8 heteroatoms. The zero-order chi connectivity index (χ0) is 23.5. The van der Waals surface area contributed by atoms with E-state index in [-0.39, 0.29) is 5.56 Å². The Hall–Kier alpha value is -4.51. The summed E-state index contributed by atoms with van der Waals surface area (Å²) < 4.78 is 19.6. The molecule has 2 aromatic heterocycles. The lowest BCUT2D eigenvalue weighted by molar-refractivity contribution is 0.324. The van der Waals surface area contributed by atoms with Crippen LogP contribution in [0.3, 0.4) is 0 Å². The molecule has 4 rings (SSSR count). The molecule has 0 amide bonds. The van der Waals surface area contributed by atoms with Crippen LogP contribution in [0.4, 0.5) is 0 Å². The topological polar surface area (TPSA) is 91.3 Å². The molecule has 0 radical (unpaired) electrons. The standard InChI is InChI=1S/C25H22N4O4/c1-28-15-20(18-13-27-29(14-18)21-8-6-5-7-16(21)12-26)19(11-24(28)30)17-9-22(31-2)25(33-4)23(10-17)32-3/h5-11,13-15H,1-4H3. The maximum atomic E-state index is 12.6.